The fourth-order valence-electron chi connectivity index (χ4n) is 2.72. The molecule has 0 spiro atoms. The molecule has 1 aliphatic heterocycles. The third kappa shape index (κ3) is 4.89. The van der Waals surface area contributed by atoms with E-state index < -0.39 is 0 Å². The molecule has 0 saturated heterocycles. The quantitative estimate of drug-likeness (QED) is 0.748. The van der Waals surface area contributed by atoms with Crippen LogP contribution in [0.25, 0.3) is 0 Å². The van der Waals surface area contributed by atoms with E-state index in [4.69, 9.17) is 0 Å². The maximum absolute atomic E-state index is 2.48. The summed E-state index contributed by atoms with van der Waals surface area (Å²) in [6.07, 6.45) is 5.16. The molecule has 0 unspecified atom stereocenters. The van der Waals surface area contributed by atoms with E-state index in [1.165, 1.54) is 43.5 Å². The van der Waals surface area contributed by atoms with Crippen molar-refractivity contribution in [2.24, 2.45) is 5.92 Å². The van der Waals surface area contributed by atoms with Crippen molar-refractivity contribution < 1.29 is 0 Å². The number of aryl methyl sites for hydroxylation is 1. The van der Waals surface area contributed by atoms with E-state index in [-0.39, 0.29) is 24.8 Å². The Kier molecular flexibility index (Phi) is 8.52. The average Bonchev–Trinajstić information content (AvgIpc) is 2.70. The van der Waals surface area contributed by atoms with E-state index in [9.17, 15) is 0 Å². The summed E-state index contributed by atoms with van der Waals surface area (Å²) < 4.78 is 0. The smallest absolute Gasteiger partial charge is 0.0399 e. The lowest BCUT2D eigenvalue weighted by Crippen LogP contribution is -2.18. The second-order valence-corrected chi connectivity index (χ2v) is 5.58. The van der Waals surface area contributed by atoms with Crippen LogP contribution in [0, 0.1) is 5.92 Å². The minimum atomic E-state index is 0. The van der Waals surface area contributed by atoms with Gasteiger partial charge < -0.3 is 4.90 Å². The number of hydrogen-bond donors (Lipinski definition) is 0. The zero-order valence-corrected chi connectivity index (χ0v) is 13.9. The fourth-order valence-corrected chi connectivity index (χ4v) is 2.72. The molecule has 0 amide bonds. The first kappa shape index (κ1) is 18.6. The average molecular weight is 304 g/mol. The molecule has 1 aromatic carbocycles. The van der Waals surface area contributed by atoms with Crippen molar-refractivity contribution in [1.29, 1.82) is 0 Å². The molecule has 1 aromatic rings. The highest BCUT2D eigenvalue weighted by molar-refractivity contribution is 5.85. The summed E-state index contributed by atoms with van der Waals surface area (Å²) in [5, 5.41) is 0. The number of likely N-dealkylation sites (N-methyl/N-ethyl adjacent to an activating group) is 1. The van der Waals surface area contributed by atoms with Crippen LogP contribution in [0.15, 0.2) is 18.2 Å². The highest BCUT2D eigenvalue weighted by atomic mass is 35.5. The van der Waals surface area contributed by atoms with Crippen LogP contribution < -0.4 is 4.90 Å². The minimum Gasteiger partial charge on any atom is -0.371 e. The van der Waals surface area contributed by atoms with E-state index in [2.05, 4.69) is 43.9 Å². The minimum absolute atomic E-state index is 0. The van der Waals surface area contributed by atoms with Crippen molar-refractivity contribution >= 4 is 30.5 Å². The first-order valence-corrected chi connectivity index (χ1v) is 7.07. The van der Waals surface area contributed by atoms with Gasteiger partial charge in [0.15, 0.2) is 0 Å². The molecule has 1 aliphatic rings. The molecule has 3 heteroatoms. The summed E-state index contributed by atoms with van der Waals surface area (Å²) in [7, 11) is 0. The lowest BCUT2D eigenvalue weighted by molar-refractivity contribution is 0.556. The summed E-state index contributed by atoms with van der Waals surface area (Å²) in [6, 6.07) is 7.09. The Bertz CT molecular complexity index is 377. The number of hydrogen-bond acceptors (Lipinski definition) is 1. The zero-order chi connectivity index (χ0) is 12.3. The standard InChI is InChI=1S/C16H25N.2ClH/c1-4-17-11-10-15-12-14(8-9-16(15)17)7-5-6-13(2)3;;/h8-9,12-13H,4-7,10-11H2,1-3H3;2*1H. The van der Waals surface area contributed by atoms with E-state index in [1.54, 1.807) is 5.56 Å². The molecule has 0 radical (unpaired) electrons. The third-order valence-corrected chi connectivity index (χ3v) is 3.76. The number of nitrogens with zero attached hydrogens (tertiary/aromatic N) is 1. The molecule has 0 aromatic heterocycles. The molecule has 1 heterocycles. The van der Waals surface area contributed by atoms with Gasteiger partial charge in [0.05, 0.1) is 0 Å². The van der Waals surface area contributed by atoms with Crippen LogP contribution in [0.3, 0.4) is 0 Å². The van der Waals surface area contributed by atoms with Crippen LogP contribution in [-0.2, 0) is 12.8 Å². The van der Waals surface area contributed by atoms with Gasteiger partial charge in [-0.1, -0.05) is 32.4 Å². The Morgan fingerprint density at radius 1 is 1.21 bits per heavy atom. The molecule has 0 fully saturated rings. The van der Waals surface area contributed by atoms with Crippen molar-refractivity contribution in [3.05, 3.63) is 29.3 Å². The van der Waals surface area contributed by atoms with Gasteiger partial charge in [-0.15, -0.1) is 24.8 Å². The summed E-state index contributed by atoms with van der Waals surface area (Å²) in [4.78, 5) is 2.48. The molecular formula is C16H27Cl2N. The van der Waals surface area contributed by atoms with Gasteiger partial charge in [0.2, 0.25) is 0 Å². The highest BCUT2D eigenvalue weighted by Crippen LogP contribution is 2.28. The molecule has 0 aliphatic carbocycles. The third-order valence-electron chi connectivity index (χ3n) is 3.76. The molecule has 0 bridgehead atoms. The predicted molar refractivity (Wildman–Crippen MR) is 90.3 cm³/mol. The second-order valence-electron chi connectivity index (χ2n) is 5.58. The largest absolute Gasteiger partial charge is 0.371 e. The predicted octanol–water partition coefficient (Wildman–Crippen LogP) is 4.89. The first-order valence-electron chi connectivity index (χ1n) is 7.07. The Morgan fingerprint density at radius 2 is 1.95 bits per heavy atom. The lowest BCUT2D eigenvalue weighted by atomic mass is 10.0. The molecule has 0 N–H and O–H groups in total. The van der Waals surface area contributed by atoms with Gasteiger partial charge in [0.1, 0.15) is 0 Å². The van der Waals surface area contributed by atoms with Gasteiger partial charge in [-0.25, -0.2) is 0 Å². The highest BCUT2D eigenvalue weighted by Gasteiger charge is 2.17. The number of benzene rings is 1. The number of fused-ring (bicyclic) bond motifs is 1. The van der Waals surface area contributed by atoms with Crippen molar-refractivity contribution in [3.8, 4) is 0 Å². The van der Waals surface area contributed by atoms with E-state index >= 15 is 0 Å². The van der Waals surface area contributed by atoms with Gasteiger partial charge in [0, 0.05) is 18.8 Å². The SMILES string of the molecule is CCN1CCc2cc(CCCC(C)C)ccc21.Cl.Cl. The van der Waals surface area contributed by atoms with Crippen LogP contribution in [0.2, 0.25) is 0 Å². The van der Waals surface area contributed by atoms with Gasteiger partial charge in [0.25, 0.3) is 0 Å². The topological polar surface area (TPSA) is 3.24 Å². The van der Waals surface area contributed by atoms with Gasteiger partial charge in [-0.3, -0.25) is 0 Å². The molecule has 0 atom stereocenters. The summed E-state index contributed by atoms with van der Waals surface area (Å²) in [6.45, 7) is 9.20. The Labute approximate surface area is 130 Å². The number of rotatable bonds is 5. The van der Waals surface area contributed by atoms with Crippen molar-refractivity contribution in [2.75, 3.05) is 18.0 Å². The lowest BCUT2D eigenvalue weighted by Gasteiger charge is -2.16. The second kappa shape index (κ2) is 8.71. The van der Waals surface area contributed by atoms with Crippen LogP contribution in [0.4, 0.5) is 5.69 Å². The van der Waals surface area contributed by atoms with E-state index in [0.717, 1.165) is 12.5 Å². The van der Waals surface area contributed by atoms with Gasteiger partial charge in [-0.2, -0.15) is 0 Å². The normalized spacial score (nSPS) is 12.9. The first-order chi connectivity index (χ1) is 8.20. The molecular weight excluding hydrogens is 277 g/mol. The Hall–Kier alpha value is -0.400. The Morgan fingerprint density at radius 3 is 2.58 bits per heavy atom. The van der Waals surface area contributed by atoms with Gasteiger partial charge >= 0.3 is 0 Å². The zero-order valence-electron chi connectivity index (χ0n) is 12.3. The van der Waals surface area contributed by atoms with Crippen molar-refractivity contribution in [3.63, 3.8) is 0 Å². The summed E-state index contributed by atoms with van der Waals surface area (Å²) in [5.74, 6) is 0.833. The van der Waals surface area contributed by atoms with Crippen LogP contribution >= 0.6 is 24.8 Å². The molecule has 1 nitrogen and oxygen atoms in total. The van der Waals surface area contributed by atoms with Crippen LogP contribution in [0.1, 0.15) is 44.7 Å². The van der Waals surface area contributed by atoms with Crippen LogP contribution in [0.5, 0.6) is 0 Å². The summed E-state index contributed by atoms with van der Waals surface area (Å²) >= 11 is 0. The fraction of sp³-hybridized carbons (Fsp3) is 0.625. The van der Waals surface area contributed by atoms with E-state index in [1.807, 2.05) is 0 Å². The molecule has 110 valence electrons. The van der Waals surface area contributed by atoms with Gasteiger partial charge in [-0.05, 0) is 49.3 Å². The number of halogens is 2. The van der Waals surface area contributed by atoms with Crippen LogP contribution in [-0.4, -0.2) is 13.1 Å². The van der Waals surface area contributed by atoms with Crippen molar-refractivity contribution in [1.82, 2.24) is 0 Å². The van der Waals surface area contributed by atoms with Crippen molar-refractivity contribution in [2.45, 2.75) is 46.5 Å². The molecule has 0 saturated carbocycles. The maximum atomic E-state index is 2.48. The Balaban J connectivity index is 0.00000162. The maximum Gasteiger partial charge on any atom is 0.0399 e. The number of anilines is 1. The summed E-state index contributed by atoms with van der Waals surface area (Å²) in [5.41, 5.74) is 4.57. The molecule has 19 heavy (non-hydrogen) atoms. The molecule has 2 rings (SSSR count). The van der Waals surface area contributed by atoms with E-state index in [0.29, 0.717) is 0 Å². The monoisotopic (exact) mass is 303 g/mol.